The number of hydrogen-bond acceptors (Lipinski definition) is 7. The SMILES string of the molecule is CC1(C)CC(Oc2cnc(-c3ccc(-n4ccnc4)cc3O)nn2)CC(C)(C)N1. The van der Waals surface area contributed by atoms with Crippen LogP contribution in [0.5, 0.6) is 11.6 Å². The van der Waals surface area contributed by atoms with E-state index in [9.17, 15) is 5.11 Å². The van der Waals surface area contributed by atoms with Gasteiger partial charge in [0.15, 0.2) is 5.82 Å². The fraction of sp³-hybridized carbons (Fsp3) is 0.429. The highest BCUT2D eigenvalue weighted by Gasteiger charge is 2.38. The minimum absolute atomic E-state index is 0.0179. The number of phenolic OH excluding ortho intramolecular Hbond substituents is 1. The molecule has 0 aliphatic carbocycles. The van der Waals surface area contributed by atoms with Crippen LogP contribution in [0.15, 0.2) is 43.1 Å². The Morgan fingerprint density at radius 1 is 1.14 bits per heavy atom. The fourth-order valence-electron chi connectivity index (χ4n) is 4.21. The Kier molecular flexibility index (Phi) is 4.74. The van der Waals surface area contributed by atoms with Gasteiger partial charge in [0.25, 0.3) is 5.88 Å². The number of phenols is 1. The zero-order chi connectivity index (χ0) is 20.6. The first-order chi connectivity index (χ1) is 13.7. The van der Waals surface area contributed by atoms with Gasteiger partial charge in [-0.2, -0.15) is 0 Å². The van der Waals surface area contributed by atoms with Crippen LogP contribution in [0.4, 0.5) is 0 Å². The minimum Gasteiger partial charge on any atom is -0.507 e. The largest absolute Gasteiger partial charge is 0.507 e. The summed E-state index contributed by atoms with van der Waals surface area (Å²) in [5, 5.41) is 22.4. The molecule has 0 saturated carbocycles. The Balaban J connectivity index is 1.50. The number of hydrogen-bond donors (Lipinski definition) is 2. The maximum absolute atomic E-state index is 10.4. The highest BCUT2D eigenvalue weighted by atomic mass is 16.5. The number of aromatic hydroxyl groups is 1. The monoisotopic (exact) mass is 394 g/mol. The Morgan fingerprint density at radius 3 is 2.48 bits per heavy atom. The van der Waals surface area contributed by atoms with E-state index in [2.05, 4.69) is 53.2 Å². The molecule has 29 heavy (non-hydrogen) atoms. The number of nitrogens with zero attached hydrogens (tertiary/aromatic N) is 5. The van der Waals surface area contributed by atoms with E-state index in [0.717, 1.165) is 18.5 Å². The number of aromatic nitrogens is 5. The minimum atomic E-state index is -0.0179. The molecule has 1 aromatic carbocycles. The van der Waals surface area contributed by atoms with Crippen molar-refractivity contribution in [3.05, 3.63) is 43.1 Å². The highest BCUT2D eigenvalue weighted by Crippen LogP contribution is 2.32. The van der Waals surface area contributed by atoms with Crippen molar-refractivity contribution in [3.8, 4) is 28.7 Å². The zero-order valence-corrected chi connectivity index (χ0v) is 17.1. The van der Waals surface area contributed by atoms with E-state index in [1.165, 1.54) is 0 Å². The molecule has 0 amide bonds. The normalized spacial score (nSPS) is 18.5. The highest BCUT2D eigenvalue weighted by molar-refractivity contribution is 5.65. The molecule has 2 N–H and O–H groups in total. The summed E-state index contributed by atoms with van der Waals surface area (Å²) >= 11 is 0. The second kappa shape index (κ2) is 7.11. The molecule has 8 heteroatoms. The van der Waals surface area contributed by atoms with Gasteiger partial charge in [0, 0.05) is 42.4 Å². The van der Waals surface area contributed by atoms with Crippen LogP contribution >= 0.6 is 0 Å². The molecule has 1 fully saturated rings. The van der Waals surface area contributed by atoms with Gasteiger partial charge in [0.05, 0.1) is 23.8 Å². The average molecular weight is 394 g/mol. The van der Waals surface area contributed by atoms with Crippen LogP contribution in [-0.4, -0.2) is 47.0 Å². The standard InChI is InChI=1S/C21H26N6O2/c1-20(2)10-15(11-21(3,4)26-20)29-18-12-23-19(25-24-18)16-6-5-14(9-17(16)28)27-8-7-22-13-27/h5-9,12-13,15,26,28H,10-11H2,1-4H3. The lowest BCUT2D eigenvalue weighted by Crippen LogP contribution is -2.60. The maximum atomic E-state index is 10.4. The molecule has 0 unspecified atom stereocenters. The van der Waals surface area contributed by atoms with E-state index < -0.39 is 0 Å². The summed E-state index contributed by atoms with van der Waals surface area (Å²) in [6.07, 6.45) is 8.50. The van der Waals surface area contributed by atoms with Crippen molar-refractivity contribution in [1.82, 2.24) is 30.0 Å². The van der Waals surface area contributed by atoms with Gasteiger partial charge in [-0.05, 0) is 39.8 Å². The maximum Gasteiger partial charge on any atom is 0.252 e. The van der Waals surface area contributed by atoms with Gasteiger partial charge >= 0.3 is 0 Å². The summed E-state index contributed by atoms with van der Waals surface area (Å²) in [6, 6.07) is 5.27. The molecule has 0 spiro atoms. The van der Waals surface area contributed by atoms with E-state index in [1.54, 1.807) is 30.9 Å². The second-order valence-corrected chi connectivity index (χ2v) is 8.83. The molecule has 3 aromatic rings. The van der Waals surface area contributed by atoms with E-state index in [-0.39, 0.29) is 22.9 Å². The summed E-state index contributed by atoms with van der Waals surface area (Å²) in [5.74, 6) is 0.813. The van der Waals surface area contributed by atoms with Crippen LogP contribution in [-0.2, 0) is 0 Å². The predicted molar refractivity (Wildman–Crippen MR) is 109 cm³/mol. The van der Waals surface area contributed by atoms with Crippen LogP contribution in [0.2, 0.25) is 0 Å². The Morgan fingerprint density at radius 2 is 1.90 bits per heavy atom. The van der Waals surface area contributed by atoms with Gasteiger partial charge in [-0.1, -0.05) is 0 Å². The number of imidazole rings is 1. The molecule has 2 aromatic heterocycles. The summed E-state index contributed by atoms with van der Waals surface area (Å²) in [5.41, 5.74) is 1.27. The van der Waals surface area contributed by atoms with Gasteiger partial charge in [-0.25, -0.2) is 9.97 Å². The van der Waals surface area contributed by atoms with E-state index in [0.29, 0.717) is 17.3 Å². The summed E-state index contributed by atoms with van der Waals surface area (Å²) < 4.78 is 7.87. The Bertz CT molecular complexity index is 967. The first kappa shape index (κ1) is 19.3. The van der Waals surface area contributed by atoms with Gasteiger partial charge in [-0.15, -0.1) is 10.2 Å². The van der Waals surface area contributed by atoms with Crippen molar-refractivity contribution >= 4 is 0 Å². The Labute approximate surface area is 170 Å². The van der Waals surface area contributed by atoms with Gasteiger partial charge in [0.1, 0.15) is 11.9 Å². The molecule has 0 radical (unpaired) electrons. The number of benzene rings is 1. The summed E-state index contributed by atoms with van der Waals surface area (Å²) in [7, 11) is 0. The van der Waals surface area contributed by atoms with Crippen molar-refractivity contribution in [3.63, 3.8) is 0 Å². The van der Waals surface area contributed by atoms with Crippen molar-refractivity contribution in [1.29, 1.82) is 0 Å². The van der Waals surface area contributed by atoms with Crippen molar-refractivity contribution < 1.29 is 9.84 Å². The smallest absolute Gasteiger partial charge is 0.252 e. The fourth-order valence-corrected chi connectivity index (χ4v) is 4.21. The molecule has 0 bridgehead atoms. The lowest BCUT2D eigenvalue weighted by atomic mass is 9.81. The topological polar surface area (TPSA) is 98.0 Å². The van der Waals surface area contributed by atoms with Crippen LogP contribution in [0, 0.1) is 0 Å². The number of ether oxygens (including phenoxy) is 1. The number of piperidine rings is 1. The first-order valence-electron chi connectivity index (χ1n) is 9.68. The van der Waals surface area contributed by atoms with Crippen LogP contribution in [0.25, 0.3) is 17.1 Å². The van der Waals surface area contributed by atoms with Gasteiger partial charge < -0.3 is 19.7 Å². The van der Waals surface area contributed by atoms with Gasteiger partial charge in [-0.3, -0.25) is 0 Å². The van der Waals surface area contributed by atoms with Crippen molar-refractivity contribution in [2.45, 2.75) is 57.7 Å². The lowest BCUT2D eigenvalue weighted by Gasteiger charge is -2.45. The third kappa shape index (κ3) is 4.37. The third-order valence-electron chi connectivity index (χ3n) is 5.01. The van der Waals surface area contributed by atoms with Gasteiger partial charge in [0.2, 0.25) is 0 Å². The first-order valence-corrected chi connectivity index (χ1v) is 9.68. The Hall–Kier alpha value is -3.00. The van der Waals surface area contributed by atoms with Crippen LogP contribution in [0.1, 0.15) is 40.5 Å². The predicted octanol–water partition coefficient (Wildman–Crippen LogP) is 3.12. The molecule has 0 atom stereocenters. The van der Waals surface area contributed by atoms with Crippen LogP contribution in [0.3, 0.4) is 0 Å². The van der Waals surface area contributed by atoms with E-state index in [4.69, 9.17) is 4.74 Å². The molecule has 4 rings (SSSR count). The number of rotatable bonds is 4. The van der Waals surface area contributed by atoms with E-state index >= 15 is 0 Å². The second-order valence-electron chi connectivity index (χ2n) is 8.83. The van der Waals surface area contributed by atoms with Crippen LogP contribution < -0.4 is 10.1 Å². The molecular formula is C21H26N6O2. The summed E-state index contributed by atoms with van der Waals surface area (Å²) in [4.78, 5) is 8.36. The summed E-state index contributed by atoms with van der Waals surface area (Å²) in [6.45, 7) is 8.70. The molecular weight excluding hydrogens is 368 g/mol. The van der Waals surface area contributed by atoms with Crippen molar-refractivity contribution in [2.24, 2.45) is 0 Å². The van der Waals surface area contributed by atoms with Crippen molar-refractivity contribution in [2.75, 3.05) is 0 Å². The average Bonchev–Trinajstić information content (AvgIpc) is 3.14. The number of nitrogens with one attached hydrogen (secondary N) is 1. The third-order valence-corrected chi connectivity index (χ3v) is 5.01. The zero-order valence-electron chi connectivity index (χ0n) is 17.1. The molecule has 1 aliphatic rings. The lowest BCUT2D eigenvalue weighted by molar-refractivity contribution is 0.0521. The molecule has 152 valence electrons. The molecule has 1 aliphatic heterocycles. The molecule has 3 heterocycles. The quantitative estimate of drug-likeness (QED) is 0.701. The molecule has 1 saturated heterocycles. The van der Waals surface area contributed by atoms with E-state index in [1.807, 2.05) is 16.8 Å². The molecule has 8 nitrogen and oxygen atoms in total.